The van der Waals surface area contributed by atoms with Gasteiger partial charge in [0, 0.05) is 64.5 Å². The van der Waals surface area contributed by atoms with Crippen molar-refractivity contribution < 1.29 is 18.8 Å². The zero-order valence-electron chi connectivity index (χ0n) is 20.2. The van der Waals surface area contributed by atoms with Crippen molar-refractivity contribution in [3.05, 3.63) is 54.6 Å². The lowest BCUT2D eigenvalue weighted by atomic mass is 10.2. The predicted molar refractivity (Wildman–Crippen MR) is 131 cm³/mol. The third-order valence-corrected chi connectivity index (χ3v) is 6.45. The summed E-state index contributed by atoms with van der Waals surface area (Å²) in [5.41, 5.74) is 0.727. The number of pyridine rings is 1. The van der Waals surface area contributed by atoms with E-state index in [1.54, 1.807) is 18.0 Å². The van der Waals surface area contributed by atoms with Crippen molar-refractivity contribution in [2.75, 3.05) is 57.3 Å². The van der Waals surface area contributed by atoms with E-state index in [2.05, 4.69) is 25.3 Å². The van der Waals surface area contributed by atoms with E-state index in [9.17, 15) is 9.59 Å². The fraction of sp³-hybridized carbons (Fsp3) is 0.400. The van der Waals surface area contributed by atoms with E-state index in [1.807, 2.05) is 47.4 Å². The first-order valence-corrected chi connectivity index (χ1v) is 12.1. The average Bonchev–Trinajstić information content (AvgIpc) is 3.43. The third kappa shape index (κ3) is 5.30. The molecule has 2 saturated heterocycles. The monoisotopic (exact) mass is 491 g/mol. The molecule has 0 radical (unpaired) electrons. The summed E-state index contributed by atoms with van der Waals surface area (Å²) in [6.45, 7) is 6.11. The molecular formula is C25H29N7O4. The zero-order valence-corrected chi connectivity index (χ0v) is 20.2. The zero-order chi connectivity index (χ0) is 24.9. The fourth-order valence-corrected chi connectivity index (χ4v) is 4.41. The van der Waals surface area contributed by atoms with Gasteiger partial charge in [0.1, 0.15) is 17.6 Å². The molecule has 188 valence electrons. The van der Waals surface area contributed by atoms with E-state index in [0.29, 0.717) is 50.2 Å². The Bertz CT molecular complexity index is 1180. The summed E-state index contributed by atoms with van der Waals surface area (Å²) in [6.07, 6.45) is 1.72. The number of hydrogen-bond acceptors (Lipinski definition) is 9. The van der Waals surface area contributed by atoms with Crippen LogP contribution in [0.5, 0.6) is 5.75 Å². The minimum absolute atomic E-state index is 0.0619. The molecule has 11 nitrogen and oxygen atoms in total. The molecule has 2 aliphatic heterocycles. The molecule has 4 heterocycles. The lowest BCUT2D eigenvalue weighted by molar-refractivity contribution is -0.137. The highest BCUT2D eigenvalue weighted by molar-refractivity contribution is 5.78. The van der Waals surface area contributed by atoms with Gasteiger partial charge in [0.25, 0.3) is 11.8 Å². The molecule has 0 spiro atoms. The average molecular weight is 492 g/mol. The van der Waals surface area contributed by atoms with E-state index in [-0.39, 0.29) is 24.5 Å². The van der Waals surface area contributed by atoms with Gasteiger partial charge in [-0.15, -0.1) is 0 Å². The number of ether oxygens (including phenoxy) is 1. The van der Waals surface area contributed by atoms with E-state index in [1.165, 1.54) is 0 Å². The summed E-state index contributed by atoms with van der Waals surface area (Å²) in [7, 11) is 0. The molecule has 0 saturated carbocycles. The maximum Gasteiger partial charge on any atom is 0.261 e. The van der Waals surface area contributed by atoms with Crippen LogP contribution in [0.25, 0.3) is 11.4 Å². The lowest BCUT2D eigenvalue weighted by Gasteiger charge is -2.34. The largest absolute Gasteiger partial charge is 0.484 e. The first kappa shape index (κ1) is 23.7. The van der Waals surface area contributed by atoms with Crippen molar-refractivity contribution in [3.8, 4) is 17.1 Å². The molecule has 0 bridgehead atoms. The van der Waals surface area contributed by atoms with Gasteiger partial charge in [-0.05, 0) is 24.3 Å². The Morgan fingerprint density at radius 2 is 1.89 bits per heavy atom. The van der Waals surface area contributed by atoms with Gasteiger partial charge in [0.15, 0.2) is 6.61 Å². The number of anilines is 1. The highest BCUT2D eigenvalue weighted by Gasteiger charge is 2.32. The molecule has 1 N–H and O–H groups in total. The van der Waals surface area contributed by atoms with Crippen molar-refractivity contribution in [1.82, 2.24) is 30.2 Å². The SMILES string of the molecule is CC(=O)N1CCN(c2ccc(-c3noc(C4CNCCN4C(=O)COc4ccccc4)n3)cn2)CC1. The number of aromatic nitrogens is 3. The molecule has 3 aromatic rings. The number of benzene rings is 1. The van der Waals surface area contributed by atoms with Gasteiger partial charge >= 0.3 is 0 Å². The van der Waals surface area contributed by atoms with Crippen molar-refractivity contribution in [1.29, 1.82) is 0 Å². The third-order valence-electron chi connectivity index (χ3n) is 6.45. The maximum absolute atomic E-state index is 12.9. The number of carbonyl (C=O) groups excluding carboxylic acids is 2. The molecule has 2 amide bonds. The van der Waals surface area contributed by atoms with Gasteiger partial charge < -0.3 is 29.3 Å². The van der Waals surface area contributed by atoms with Crippen LogP contribution in [0, 0.1) is 0 Å². The molecule has 2 aromatic heterocycles. The van der Waals surface area contributed by atoms with Crippen LogP contribution in [0.4, 0.5) is 5.82 Å². The van der Waals surface area contributed by atoms with E-state index in [0.717, 1.165) is 24.5 Å². The van der Waals surface area contributed by atoms with Crippen LogP contribution in [0.3, 0.4) is 0 Å². The Kier molecular flexibility index (Phi) is 7.08. The Labute approximate surface area is 209 Å². The molecule has 2 fully saturated rings. The van der Waals surface area contributed by atoms with Crippen molar-refractivity contribution in [3.63, 3.8) is 0 Å². The molecule has 2 aliphatic rings. The van der Waals surface area contributed by atoms with Gasteiger partial charge in [-0.1, -0.05) is 23.4 Å². The maximum atomic E-state index is 12.9. The van der Waals surface area contributed by atoms with Crippen LogP contribution in [0.1, 0.15) is 18.9 Å². The van der Waals surface area contributed by atoms with E-state index < -0.39 is 0 Å². The summed E-state index contributed by atoms with van der Waals surface area (Å²) in [4.78, 5) is 39.3. The minimum Gasteiger partial charge on any atom is -0.484 e. The topological polar surface area (TPSA) is 117 Å². The second kappa shape index (κ2) is 10.7. The van der Waals surface area contributed by atoms with Crippen LogP contribution in [0.15, 0.2) is 53.2 Å². The summed E-state index contributed by atoms with van der Waals surface area (Å²) in [6, 6.07) is 12.7. The summed E-state index contributed by atoms with van der Waals surface area (Å²) in [5, 5.41) is 7.43. The van der Waals surface area contributed by atoms with Gasteiger partial charge in [-0.2, -0.15) is 4.98 Å². The number of nitrogens with one attached hydrogen (secondary N) is 1. The Morgan fingerprint density at radius 3 is 2.61 bits per heavy atom. The Hall–Kier alpha value is -3.99. The first-order valence-electron chi connectivity index (χ1n) is 12.1. The minimum atomic E-state index is -0.378. The number of hydrogen-bond donors (Lipinski definition) is 1. The Morgan fingerprint density at radius 1 is 1.08 bits per heavy atom. The molecule has 1 aromatic carbocycles. The molecule has 5 rings (SSSR count). The summed E-state index contributed by atoms with van der Waals surface area (Å²) in [5.74, 6) is 2.24. The highest BCUT2D eigenvalue weighted by atomic mass is 16.5. The smallest absolute Gasteiger partial charge is 0.261 e. The van der Waals surface area contributed by atoms with E-state index in [4.69, 9.17) is 9.26 Å². The van der Waals surface area contributed by atoms with E-state index >= 15 is 0 Å². The standard InChI is InChI=1S/C25H29N7O4/c1-18(33)30-11-13-31(14-12-30)22-8-7-19(15-27-22)24-28-25(36-29-24)21-16-26-9-10-32(21)23(34)17-35-20-5-3-2-4-6-20/h2-8,15,21,26H,9-14,16-17H2,1H3. The van der Waals surface area contributed by atoms with Crippen LogP contribution >= 0.6 is 0 Å². The molecule has 11 heteroatoms. The summed E-state index contributed by atoms with van der Waals surface area (Å²) >= 11 is 0. The number of amides is 2. The Balaban J connectivity index is 1.23. The lowest BCUT2D eigenvalue weighted by Crippen LogP contribution is -2.50. The number of nitrogens with zero attached hydrogens (tertiary/aromatic N) is 6. The molecular weight excluding hydrogens is 462 g/mol. The fourth-order valence-electron chi connectivity index (χ4n) is 4.41. The van der Waals surface area contributed by atoms with Crippen molar-refractivity contribution >= 4 is 17.6 Å². The number of para-hydroxylation sites is 1. The summed E-state index contributed by atoms with van der Waals surface area (Å²) < 4.78 is 11.2. The highest BCUT2D eigenvalue weighted by Crippen LogP contribution is 2.25. The normalized spacial score (nSPS) is 18.2. The molecule has 36 heavy (non-hydrogen) atoms. The second-order valence-electron chi connectivity index (χ2n) is 8.76. The first-order chi connectivity index (χ1) is 17.6. The van der Waals surface area contributed by atoms with Crippen molar-refractivity contribution in [2.45, 2.75) is 13.0 Å². The quantitative estimate of drug-likeness (QED) is 0.545. The van der Waals surface area contributed by atoms with Gasteiger partial charge in [-0.25, -0.2) is 4.98 Å². The van der Waals surface area contributed by atoms with Crippen molar-refractivity contribution in [2.24, 2.45) is 0 Å². The van der Waals surface area contributed by atoms with Gasteiger partial charge in [0.2, 0.25) is 11.7 Å². The predicted octanol–water partition coefficient (Wildman–Crippen LogP) is 1.35. The second-order valence-corrected chi connectivity index (χ2v) is 8.76. The molecule has 1 unspecified atom stereocenters. The van der Waals surface area contributed by atoms with Gasteiger partial charge in [-0.3, -0.25) is 9.59 Å². The number of piperazine rings is 2. The molecule has 1 atom stereocenters. The van der Waals surface area contributed by atoms with Crippen LogP contribution in [-0.4, -0.2) is 89.2 Å². The van der Waals surface area contributed by atoms with Gasteiger partial charge in [0.05, 0.1) is 0 Å². The number of carbonyl (C=O) groups is 2. The molecule has 0 aliphatic carbocycles. The van der Waals surface area contributed by atoms with Crippen LogP contribution in [-0.2, 0) is 9.59 Å². The number of rotatable bonds is 6. The van der Waals surface area contributed by atoms with Crippen LogP contribution < -0.4 is 15.0 Å². The van der Waals surface area contributed by atoms with Crippen LogP contribution in [0.2, 0.25) is 0 Å².